The zero-order valence-corrected chi connectivity index (χ0v) is 17.1. The normalized spacial score (nSPS) is 16.4. The first-order valence-electron chi connectivity index (χ1n) is 10.0. The van der Waals surface area contributed by atoms with Crippen molar-refractivity contribution in [1.29, 1.82) is 5.26 Å². The molecule has 2 aliphatic rings. The fourth-order valence-corrected chi connectivity index (χ4v) is 4.44. The van der Waals surface area contributed by atoms with Gasteiger partial charge in [-0.05, 0) is 42.5 Å². The van der Waals surface area contributed by atoms with Gasteiger partial charge in [0.2, 0.25) is 5.95 Å². The Hall–Kier alpha value is -3.38. The highest BCUT2D eigenvalue weighted by Crippen LogP contribution is 2.33. The number of nitrogens with one attached hydrogen (secondary N) is 2. The lowest BCUT2D eigenvalue weighted by atomic mass is 10.1. The first kappa shape index (κ1) is 18.6. The highest BCUT2D eigenvalue weighted by atomic mass is 32.1. The van der Waals surface area contributed by atoms with Gasteiger partial charge in [-0.25, -0.2) is 4.98 Å². The maximum Gasteiger partial charge on any atom is 0.229 e. The van der Waals surface area contributed by atoms with Gasteiger partial charge in [0.25, 0.3) is 0 Å². The van der Waals surface area contributed by atoms with E-state index in [0.717, 1.165) is 46.2 Å². The summed E-state index contributed by atoms with van der Waals surface area (Å²) in [5.74, 6) is 1.38. The third kappa shape index (κ3) is 3.74. The number of thiophene rings is 1. The highest BCUT2D eigenvalue weighted by molar-refractivity contribution is 7.17. The molecule has 0 unspecified atom stereocenters. The van der Waals surface area contributed by atoms with Crippen LogP contribution in [-0.4, -0.2) is 40.0 Å². The van der Waals surface area contributed by atoms with Gasteiger partial charge in [-0.15, -0.1) is 11.3 Å². The quantitative estimate of drug-likeness (QED) is 0.417. The van der Waals surface area contributed by atoms with E-state index in [4.69, 9.17) is 5.21 Å². The molecule has 8 nitrogen and oxygen atoms in total. The molecule has 0 bridgehead atoms. The maximum atomic E-state index is 9.69. The number of anilines is 4. The number of hydrogen-bond acceptors (Lipinski definition) is 9. The van der Waals surface area contributed by atoms with E-state index >= 15 is 0 Å². The van der Waals surface area contributed by atoms with Crippen LogP contribution in [0.4, 0.5) is 23.1 Å². The van der Waals surface area contributed by atoms with E-state index in [0.29, 0.717) is 30.4 Å². The van der Waals surface area contributed by atoms with Gasteiger partial charge in [0.05, 0.1) is 27.2 Å². The second-order valence-electron chi connectivity index (χ2n) is 7.57. The summed E-state index contributed by atoms with van der Waals surface area (Å²) in [5, 5.41) is 30.7. The molecule has 0 amide bonds. The minimum Gasteiger partial charge on any atom is -0.411 e. The summed E-state index contributed by atoms with van der Waals surface area (Å²) >= 11 is 1.64. The number of nitrogens with zero attached hydrogens (tertiary/aromatic N) is 5. The van der Waals surface area contributed by atoms with Crippen LogP contribution < -0.4 is 15.5 Å². The van der Waals surface area contributed by atoms with Gasteiger partial charge in [-0.3, -0.25) is 0 Å². The van der Waals surface area contributed by atoms with Crippen LogP contribution in [0.3, 0.4) is 0 Å². The van der Waals surface area contributed by atoms with Gasteiger partial charge in [-0.1, -0.05) is 5.16 Å². The number of rotatable bonds is 5. The predicted molar refractivity (Wildman–Crippen MR) is 119 cm³/mol. The first-order valence-corrected chi connectivity index (χ1v) is 10.9. The molecule has 30 heavy (non-hydrogen) atoms. The van der Waals surface area contributed by atoms with E-state index in [1.165, 1.54) is 12.8 Å². The summed E-state index contributed by atoms with van der Waals surface area (Å²) in [4.78, 5) is 11.5. The Bertz CT molecular complexity index is 1150. The Labute approximate surface area is 177 Å². The van der Waals surface area contributed by atoms with Crippen molar-refractivity contribution >= 4 is 50.4 Å². The van der Waals surface area contributed by atoms with E-state index in [2.05, 4.69) is 36.7 Å². The van der Waals surface area contributed by atoms with Gasteiger partial charge in [-0.2, -0.15) is 10.2 Å². The van der Waals surface area contributed by atoms with Gasteiger partial charge < -0.3 is 20.7 Å². The molecule has 0 radical (unpaired) electrons. The summed E-state index contributed by atoms with van der Waals surface area (Å²) < 4.78 is 1.07. The van der Waals surface area contributed by atoms with E-state index in [1.807, 2.05) is 29.6 Å². The number of fused-ring (bicyclic) bond motifs is 1. The van der Waals surface area contributed by atoms with Gasteiger partial charge >= 0.3 is 0 Å². The molecule has 0 spiro atoms. The van der Waals surface area contributed by atoms with Crippen LogP contribution in [0.25, 0.3) is 10.2 Å². The molecule has 3 N–H and O–H groups in total. The zero-order chi connectivity index (χ0) is 20.5. The van der Waals surface area contributed by atoms with Gasteiger partial charge in [0.15, 0.2) is 0 Å². The molecule has 0 atom stereocenters. The largest absolute Gasteiger partial charge is 0.411 e. The average molecular weight is 420 g/mol. The average Bonchev–Trinajstić information content (AvgIpc) is 3.47. The van der Waals surface area contributed by atoms with Crippen LogP contribution in [0, 0.1) is 11.3 Å². The van der Waals surface area contributed by atoms with Crippen LogP contribution in [0.5, 0.6) is 0 Å². The van der Waals surface area contributed by atoms with Crippen molar-refractivity contribution in [1.82, 2.24) is 9.97 Å². The molecule has 1 aliphatic heterocycles. The molecular formula is C21H21N7OS. The predicted octanol–water partition coefficient (Wildman–Crippen LogP) is 4.31. The Morgan fingerprint density at radius 3 is 2.77 bits per heavy atom. The van der Waals surface area contributed by atoms with Crippen LogP contribution in [0.1, 0.15) is 31.2 Å². The van der Waals surface area contributed by atoms with Crippen molar-refractivity contribution in [2.24, 2.45) is 5.16 Å². The van der Waals surface area contributed by atoms with Crippen LogP contribution >= 0.6 is 11.3 Å². The number of nitriles is 1. The highest BCUT2D eigenvalue weighted by Gasteiger charge is 2.23. The molecule has 3 heterocycles. The van der Waals surface area contributed by atoms with E-state index in [1.54, 1.807) is 11.3 Å². The van der Waals surface area contributed by atoms with Crippen molar-refractivity contribution in [3.63, 3.8) is 0 Å². The Kier molecular flexibility index (Phi) is 4.85. The molecule has 1 aliphatic carbocycles. The van der Waals surface area contributed by atoms with Crippen LogP contribution in [0.15, 0.2) is 34.8 Å². The van der Waals surface area contributed by atoms with E-state index in [9.17, 15) is 5.26 Å². The van der Waals surface area contributed by atoms with Gasteiger partial charge in [0, 0.05) is 37.7 Å². The summed E-state index contributed by atoms with van der Waals surface area (Å²) in [6.07, 6.45) is 3.75. The molecule has 1 saturated carbocycles. The van der Waals surface area contributed by atoms with Crippen LogP contribution in [0.2, 0.25) is 0 Å². The van der Waals surface area contributed by atoms with Crippen molar-refractivity contribution in [3.8, 4) is 6.07 Å². The zero-order valence-electron chi connectivity index (χ0n) is 16.3. The Morgan fingerprint density at radius 2 is 2.03 bits per heavy atom. The number of hydrogen-bond donors (Lipinski definition) is 3. The monoisotopic (exact) mass is 419 g/mol. The van der Waals surface area contributed by atoms with Crippen molar-refractivity contribution in [2.45, 2.75) is 31.7 Å². The number of benzene rings is 1. The summed E-state index contributed by atoms with van der Waals surface area (Å²) in [5.41, 5.74) is 3.98. The SMILES string of the molecule is N#Cc1cc(Nc2nc(NC3CC3)c3sccc3n2)ccc1N1CCC(=NO)CC1. The molecule has 2 aromatic heterocycles. The lowest BCUT2D eigenvalue weighted by Gasteiger charge is -2.30. The summed E-state index contributed by atoms with van der Waals surface area (Å²) in [6.45, 7) is 1.46. The Morgan fingerprint density at radius 1 is 1.20 bits per heavy atom. The first-order chi connectivity index (χ1) is 14.7. The van der Waals surface area contributed by atoms with Crippen molar-refractivity contribution < 1.29 is 5.21 Å². The standard InChI is InChI=1S/C21H21N7OS/c22-12-13-11-16(3-4-18(13)28-8-5-15(27-29)6-9-28)24-21-25-17-7-10-30-19(17)20(26-21)23-14-1-2-14/h3-4,7,10-11,14,29H,1-2,5-6,8-9H2,(H2,23,24,25,26). The topological polar surface area (TPSA) is 109 Å². The minimum absolute atomic E-state index is 0.503. The number of aromatic nitrogens is 2. The smallest absolute Gasteiger partial charge is 0.229 e. The fraction of sp³-hybridized carbons (Fsp3) is 0.333. The molecule has 9 heteroatoms. The maximum absolute atomic E-state index is 9.69. The number of piperidine rings is 1. The third-order valence-corrected chi connectivity index (χ3v) is 6.33. The molecule has 1 aromatic carbocycles. The second kappa shape index (κ2) is 7.80. The van der Waals surface area contributed by atoms with Crippen molar-refractivity contribution in [2.75, 3.05) is 28.6 Å². The third-order valence-electron chi connectivity index (χ3n) is 5.42. The molecule has 1 saturated heterocycles. The lowest BCUT2D eigenvalue weighted by Crippen LogP contribution is -2.34. The second-order valence-corrected chi connectivity index (χ2v) is 8.49. The van der Waals surface area contributed by atoms with E-state index in [-0.39, 0.29) is 0 Å². The fourth-order valence-electron chi connectivity index (χ4n) is 3.65. The summed E-state index contributed by atoms with van der Waals surface area (Å²) in [6, 6.07) is 10.5. The van der Waals surface area contributed by atoms with Crippen LogP contribution in [-0.2, 0) is 0 Å². The molecule has 3 aromatic rings. The van der Waals surface area contributed by atoms with E-state index < -0.39 is 0 Å². The molecule has 152 valence electrons. The minimum atomic E-state index is 0.503. The molecule has 5 rings (SSSR count). The van der Waals surface area contributed by atoms with Crippen molar-refractivity contribution in [3.05, 3.63) is 35.2 Å². The number of oxime groups is 1. The molecular weight excluding hydrogens is 398 g/mol. The Balaban J connectivity index is 1.39. The summed E-state index contributed by atoms with van der Waals surface area (Å²) in [7, 11) is 0. The lowest BCUT2D eigenvalue weighted by molar-refractivity contribution is 0.315. The van der Waals surface area contributed by atoms with Gasteiger partial charge in [0.1, 0.15) is 11.9 Å². The molecule has 2 fully saturated rings.